The van der Waals surface area contributed by atoms with E-state index in [0.29, 0.717) is 19.6 Å². The summed E-state index contributed by atoms with van der Waals surface area (Å²) in [4.78, 5) is 0. The van der Waals surface area contributed by atoms with Crippen molar-refractivity contribution in [3.63, 3.8) is 0 Å². The molecule has 94 valence electrons. The molecule has 0 aromatic heterocycles. The molecule has 0 saturated heterocycles. The van der Waals surface area contributed by atoms with Crippen LogP contribution in [0.1, 0.15) is 19.8 Å². The Balaban J connectivity index is 2.09. The van der Waals surface area contributed by atoms with Gasteiger partial charge in [0.25, 0.3) is 0 Å². The van der Waals surface area contributed by atoms with Crippen LogP contribution in [0.2, 0.25) is 0 Å². The fraction of sp³-hybridized carbons (Fsp3) is 0.800. The van der Waals surface area contributed by atoms with Gasteiger partial charge >= 0.3 is 0 Å². The third-order valence-corrected chi connectivity index (χ3v) is 3.78. The predicted octanol–water partition coefficient (Wildman–Crippen LogP) is 0.208. The summed E-state index contributed by atoms with van der Waals surface area (Å²) in [6, 6.07) is 0. The average molecular weight is 248 g/mol. The van der Waals surface area contributed by atoms with E-state index in [2.05, 4.69) is 10.0 Å². The van der Waals surface area contributed by atoms with Crippen molar-refractivity contribution in [2.45, 2.75) is 25.9 Å². The summed E-state index contributed by atoms with van der Waals surface area (Å²) in [6.07, 6.45) is 5.90. The third kappa shape index (κ3) is 5.48. The summed E-state index contributed by atoms with van der Waals surface area (Å²) < 4.78 is 30.4. The number of ether oxygens (including phenoxy) is 1. The average Bonchev–Trinajstić information content (AvgIpc) is 2.26. The van der Waals surface area contributed by atoms with Gasteiger partial charge in [-0.3, -0.25) is 0 Å². The van der Waals surface area contributed by atoms with E-state index in [9.17, 15) is 8.42 Å². The minimum Gasteiger partial charge on any atom is -0.497 e. The molecule has 1 unspecified atom stereocenters. The van der Waals surface area contributed by atoms with E-state index < -0.39 is 10.0 Å². The second-order valence-corrected chi connectivity index (χ2v) is 5.65. The molecule has 1 aliphatic heterocycles. The third-order valence-electron chi connectivity index (χ3n) is 2.31. The molecular formula is C10H20N2O3S. The van der Waals surface area contributed by atoms with Crippen molar-refractivity contribution in [3.05, 3.63) is 12.3 Å². The van der Waals surface area contributed by atoms with Gasteiger partial charge in [0.05, 0.1) is 12.0 Å². The van der Waals surface area contributed by atoms with E-state index in [0.717, 1.165) is 12.8 Å². The second-order valence-electron chi connectivity index (χ2n) is 3.73. The summed E-state index contributed by atoms with van der Waals surface area (Å²) in [5.41, 5.74) is 0. The molecule has 2 N–H and O–H groups in total. The van der Waals surface area contributed by atoms with Crippen LogP contribution in [0.15, 0.2) is 12.3 Å². The Kier molecular flexibility index (Phi) is 5.79. The number of hydrogen-bond donors (Lipinski definition) is 2. The largest absolute Gasteiger partial charge is 0.497 e. The van der Waals surface area contributed by atoms with Crippen molar-refractivity contribution >= 4 is 10.0 Å². The lowest BCUT2D eigenvalue weighted by atomic mass is 10.1. The Morgan fingerprint density at radius 2 is 2.31 bits per heavy atom. The minimum atomic E-state index is -3.10. The normalized spacial score (nSPS) is 20.7. The minimum absolute atomic E-state index is 0.114. The van der Waals surface area contributed by atoms with Crippen LogP contribution in [0.25, 0.3) is 0 Å². The lowest BCUT2D eigenvalue weighted by Crippen LogP contribution is -2.35. The fourth-order valence-corrected chi connectivity index (χ4v) is 2.49. The molecule has 0 spiro atoms. The number of hydrogen-bond acceptors (Lipinski definition) is 4. The van der Waals surface area contributed by atoms with E-state index >= 15 is 0 Å². The van der Waals surface area contributed by atoms with Gasteiger partial charge < -0.3 is 10.1 Å². The predicted molar refractivity (Wildman–Crippen MR) is 63.6 cm³/mol. The molecule has 16 heavy (non-hydrogen) atoms. The number of nitrogens with one attached hydrogen (secondary N) is 2. The van der Waals surface area contributed by atoms with Gasteiger partial charge in [-0.2, -0.15) is 0 Å². The van der Waals surface area contributed by atoms with Gasteiger partial charge in [-0.15, -0.1) is 0 Å². The van der Waals surface area contributed by atoms with Crippen molar-refractivity contribution < 1.29 is 13.2 Å². The van der Waals surface area contributed by atoms with E-state index in [-0.39, 0.29) is 11.9 Å². The highest BCUT2D eigenvalue weighted by Crippen LogP contribution is 2.08. The summed E-state index contributed by atoms with van der Waals surface area (Å²) in [6.45, 7) is 3.37. The van der Waals surface area contributed by atoms with Crippen LogP contribution in [0.5, 0.6) is 0 Å². The molecule has 0 amide bonds. The Morgan fingerprint density at radius 3 is 2.94 bits per heavy atom. The SMILES string of the molecule is CCNS(=O)(=O)CCNCC1CCC=CO1. The Morgan fingerprint density at radius 1 is 1.50 bits per heavy atom. The van der Waals surface area contributed by atoms with Gasteiger partial charge in [0.1, 0.15) is 6.10 Å². The summed E-state index contributed by atoms with van der Waals surface area (Å²) in [7, 11) is -3.10. The van der Waals surface area contributed by atoms with Crippen molar-refractivity contribution in [2.75, 3.05) is 25.4 Å². The zero-order valence-electron chi connectivity index (χ0n) is 9.61. The molecule has 0 radical (unpaired) electrons. The first kappa shape index (κ1) is 13.5. The van der Waals surface area contributed by atoms with Gasteiger partial charge in [0.15, 0.2) is 0 Å². The van der Waals surface area contributed by atoms with Gasteiger partial charge in [0.2, 0.25) is 10.0 Å². The molecular weight excluding hydrogens is 228 g/mol. The highest BCUT2D eigenvalue weighted by molar-refractivity contribution is 7.89. The standard InChI is InChI=1S/C10H20N2O3S/c1-2-12-16(13,14)8-6-11-9-10-5-3-4-7-15-10/h4,7,10-12H,2-3,5-6,8-9H2,1H3. The summed E-state index contributed by atoms with van der Waals surface area (Å²) in [5.74, 6) is 0.114. The zero-order valence-corrected chi connectivity index (χ0v) is 10.4. The molecule has 5 nitrogen and oxygen atoms in total. The topological polar surface area (TPSA) is 67.4 Å². The monoisotopic (exact) mass is 248 g/mol. The quantitative estimate of drug-likeness (QED) is 0.632. The molecule has 1 rings (SSSR count). The number of rotatable bonds is 7. The summed E-state index contributed by atoms with van der Waals surface area (Å²) >= 11 is 0. The molecule has 6 heteroatoms. The molecule has 0 aromatic rings. The highest BCUT2D eigenvalue weighted by atomic mass is 32.2. The van der Waals surface area contributed by atoms with Gasteiger partial charge in [-0.25, -0.2) is 13.1 Å². The maximum absolute atomic E-state index is 11.3. The molecule has 0 aromatic carbocycles. The molecule has 0 bridgehead atoms. The lowest BCUT2D eigenvalue weighted by molar-refractivity contribution is 0.123. The molecule has 0 fully saturated rings. The Hall–Kier alpha value is -0.590. The van der Waals surface area contributed by atoms with Crippen LogP contribution in [-0.4, -0.2) is 39.9 Å². The second kappa shape index (κ2) is 6.88. The Labute approximate surface area is 97.3 Å². The van der Waals surface area contributed by atoms with Crippen molar-refractivity contribution in [1.29, 1.82) is 0 Å². The van der Waals surface area contributed by atoms with E-state index in [1.807, 2.05) is 6.08 Å². The van der Waals surface area contributed by atoms with E-state index in [1.165, 1.54) is 0 Å². The van der Waals surface area contributed by atoms with Crippen LogP contribution in [0.3, 0.4) is 0 Å². The maximum Gasteiger partial charge on any atom is 0.212 e. The van der Waals surface area contributed by atoms with Crippen LogP contribution >= 0.6 is 0 Å². The maximum atomic E-state index is 11.3. The zero-order chi connectivity index (χ0) is 11.9. The molecule has 0 aliphatic carbocycles. The van der Waals surface area contributed by atoms with Crippen LogP contribution in [0.4, 0.5) is 0 Å². The molecule has 1 atom stereocenters. The highest BCUT2D eigenvalue weighted by Gasteiger charge is 2.11. The first-order valence-corrected chi connectivity index (χ1v) is 7.28. The van der Waals surface area contributed by atoms with E-state index in [4.69, 9.17) is 4.74 Å². The van der Waals surface area contributed by atoms with Crippen LogP contribution < -0.4 is 10.0 Å². The van der Waals surface area contributed by atoms with Crippen molar-refractivity contribution in [2.24, 2.45) is 0 Å². The van der Waals surface area contributed by atoms with Gasteiger partial charge in [-0.05, 0) is 18.9 Å². The van der Waals surface area contributed by atoms with Crippen LogP contribution in [-0.2, 0) is 14.8 Å². The first-order valence-electron chi connectivity index (χ1n) is 5.62. The molecule has 1 aliphatic rings. The molecule has 0 saturated carbocycles. The van der Waals surface area contributed by atoms with E-state index in [1.54, 1.807) is 13.2 Å². The van der Waals surface area contributed by atoms with Crippen molar-refractivity contribution in [1.82, 2.24) is 10.0 Å². The smallest absolute Gasteiger partial charge is 0.212 e. The van der Waals surface area contributed by atoms with Crippen LogP contribution in [0, 0.1) is 0 Å². The number of allylic oxidation sites excluding steroid dienone is 1. The summed E-state index contributed by atoms with van der Waals surface area (Å²) in [5, 5.41) is 3.09. The molecule has 1 heterocycles. The lowest BCUT2D eigenvalue weighted by Gasteiger charge is -2.19. The fourth-order valence-electron chi connectivity index (χ4n) is 1.50. The van der Waals surface area contributed by atoms with Crippen molar-refractivity contribution in [3.8, 4) is 0 Å². The first-order chi connectivity index (χ1) is 7.64. The van der Waals surface area contributed by atoms with Gasteiger partial charge in [0, 0.05) is 19.6 Å². The number of sulfonamides is 1. The van der Waals surface area contributed by atoms with Gasteiger partial charge in [-0.1, -0.05) is 6.92 Å². The Bertz CT molecular complexity index is 314.